The summed E-state index contributed by atoms with van der Waals surface area (Å²) in [5, 5.41) is 8.43. The van der Waals surface area contributed by atoms with Gasteiger partial charge in [-0.1, -0.05) is 60.7 Å². The van der Waals surface area contributed by atoms with Gasteiger partial charge in [0.1, 0.15) is 12.3 Å². The van der Waals surface area contributed by atoms with Crippen LogP contribution in [0, 0.1) is 11.8 Å². The van der Waals surface area contributed by atoms with Crippen molar-refractivity contribution in [1.29, 1.82) is 0 Å². The summed E-state index contributed by atoms with van der Waals surface area (Å²) in [6.07, 6.45) is 5.49. The number of fused-ring (bicyclic) bond motifs is 2. The van der Waals surface area contributed by atoms with Crippen LogP contribution in [-0.4, -0.2) is 47.0 Å². The van der Waals surface area contributed by atoms with E-state index in [1.807, 2.05) is 54.6 Å². The second-order valence-corrected chi connectivity index (χ2v) is 9.76. The zero-order chi connectivity index (χ0) is 25.5. The molecule has 1 saturated heterocycles. The minimum absolute atomic E-state index is 0.258. The summed E-state index contributed by atoms with van der Waals surface area (Å²) >= 11 is 0. The number of allylic oxidation sites excluding steroid dienone is 2. The molecule has 0 radical (unpaired) electrons. The second kappa shape index (κ2) is 9.32. The number of ether oxygens (including phenoxy) is 1. The zero-order valence-electron chi connectivity index (χ0n) is 20.5. The number of benzene rings is 3. The molecule has 7 heteroatoms. The van der Waals surface area contributed by atoms with Gasteiger partial charge in [0.2, 0.25) is 11.8 Å². The molecular formula is C30H27N3O4. The summed E-state index contributed by atoms with van der Waals surface area (Å²) in [4.78, 5) is 40.7. The van der Waals surface area contributed by atoms with E-state index in [0.29, 0.717) is 19.3 Å². The first-order chi connectivity index (χ1) is 18.0. The Morgan fingerprint density at radius 1 is 0.919 bits per heavy atom. The lowest BCUT2D eigenvalue weighted by atomic mass is 9.85. The molecule has 7 nitrogen and oxygen atoms in total. The fourth-order valence-corrected chi connectivity index (χ4v) is 5.60. The maximum Gasteiger partial charge on any atom is 0.263 e. The molecule has 3 aromatic carbocycles. The van der Waals surface area contributed by atoms with Crippen LogP contribution in [0.3, 0.4) is 0 Å². The van der Waals surface area contributed by atoms with Gasteiger partial charge < -0.3 is 4.74 Å². The number of hydrazone groups is 1. The molecule has 0 saturated carbocycles. The fraction of sp³-hybridized carbons (Fsp3) is 0.267. The van der Waals surface area contributed by atoms with Gasteiger partial charge in [0.15, 0.2) is 0 Å². The highest BCUT2D eigenvalue weighted by atomic mass is 16.5. The van der Waals surface area contributed by atoms with E-state index in [9.17, 15) is 14.4 Å². The molecule has 186 valence electrons. The number of hydrogen-bond acceptors (Lipinski definition) is 5. The van der Waals surface area contributed by atoms with Crippen LogP contribution in [0.1, 0.15) is 36.4 Å². The molecule has 0 aromatic heterocycles. The lowest BCUT2D eigenvalue weighted by Gasteiger charge is -2.24. The molecule has 2 heterocycles. The van der Waals surface area contributed by atoms with E-state index in [1.165, 1.54) is 5.01 Å². The number of hydrogen-bond donors (Lipinski definition) is 0. The van der Waals surface area contributed by atoms with Gasteiger partial charge in [0, 0.05) is 6.42 Å². The van der Waals surface area contributed by atoms with Crippen molar-refractivity contribution in [3.63, 3.8) is 0 Å². The Morgan fingerprint density at radius 3 is 2.27 bits per heavy atom. The Kier molecular flexibility index (Phi) is 5.83. The number of rotatable bonds is 5. The first-order valence-electron chi connectivity index (χ1n) is 12.6. The summed E-state index contributed by atoms with van der Waals surface area (Å²) in [7, 11) is 1.61. The van der Waals surface area contributed by atoms with Gasteiger partial charge in [-0.25, -0.2) is 5.01 Å². The normalized spacial score (nSPS) is 22.9. The first kappa shape index (κ1) is 23.2. The number of carbonyl (C=O) groups excluding carboxylic acids is 3. The minimum Gasteiger partial charge on any atom is -0.497 e. The van der Waals surface area contributed by atoms with Gasteiger partial charge >= 0.3 is 0 Å². The van der Waals surface area contributed by atoms with Gasteiger partial charge in [0.05, 0.1) is 30.7 Å². The largest absolute Gasteiger partial charge is 0.497 e. The van der Waals surface area contributed by atoms with Gasteiger partial charge in [-0.3, -0.25) is 19.3 Å². The molecule has 0 bridgehead atoms. The topological polar surface area (TPSA) is 79.3 Å². The van der Waals surface area contributed by atoms with E-state index >= 15 is 0 Å². The van der Waals surface area contributed by atoms with Crippen molar-refractivity contribution < 1.29 is 19.1 Å². The summed E-state index contributed by atoms with van der Waals surface area (Å²) in [6, 6.07) is 21.5. The Bertz CT molecular complexity index is 1430. The second-order valence-electron chi connectivity index (χ2n) is 9.76. The van der Waals surface area contributed by atoms with Crippen molar-refractivity contribution >= 4 is 34.2 Å². The highest BCUT2D eigenvalue weighted by Gasteiger charge is 2.48. The predicted molar refractivity (Wildman–Crippen MR) is 140 cm³/mol. The van der Waals surface area contributed by atoms with Crippen LogP contribution in [0.5, 0.6) is 5.75 Å². The summed E-state index contributed by atoms with van der Waals surface area (Å²) in [6.45, 7) is -0.300. The summed E-state index contributed by atoms with van der Waals surface area (Å²) in [5.41, 5.74) is 2.64. The molecule has 3 unspecified atom stereocenters. The van der Waals surface area contributed by atoms with Crippen molar-refractivity contribution in [2.24, 2.45) is 16.9 Å². The molecule has 0 spiro atoms. The fourth-order valence-electron chi connectivity index (χ4n) is 5.60. The molecule has 3 amide bonds. The van der Waals surface area contributed by atoms with E-state index in [-0.39, 0.29) is 42.1 Å². The number of nitrogens with zero attached hydrogens (tertiary/aromatic N) is 3. The SMILES string of the molecule is COc1ccc(C2CC(c3ccc4ccccc4c3)=NN2C(=O)CN2C(=O)C3CC=CCC3C2=O)cc1. The van der Waals surface area contributed by atoms with E-state index in [0.717, 1.165) is 38.3 Å². The van der Waals surface area contributed by atoms with Crippen LogP contribution >= 0.6 is 0 Å². The zero-order valence-corrected chi connectivity index (χ0v) is 20.5. The van der Waals surface area contributed by atoms with Crippen molar-refractivity contribution in [2.45, 2.75) is 25.3 Å². The number of amides is 3. The Balaban J connectivity index is 1.31. The number of carbonyl (C=O) groups is 3. The van der Waals surface area contributed by atoms with Crippen LogP contribution < -0.4 is 4.74 Å². The third-order valence-corrected chi connectivity index (χ3v) is 7.64. The Hall–Kier alpha value is -4.26. The van der Waals surface area contributed by atoms with Gasteiger partial charge in [-0.15, -0.1) is 0 Å². The molecule has 37 heavy (non-hydrogen) atoms. The minimum atomic E-state index is -0.370. The monoisotopic (exact) mass is 493 g/mol. The van der Waals surface area contributed by atoms with Crippen LogP contribution in [0.4, 0.5) is 0 Å². The average molecular weight is 494 g/mol. The first-order valence-corrected chi connectivity index (χ1v) is 12.6. The number of methoxy groups -OCH3 is 1. The maximum atomic E-state index is 13.6. The third-order valence-electron chi connectivity index (χ3n) is 7.64. The lowest BCUT2D eigenvalue weighted by molar-refractivity contribution is -0.147. The number of likely N-dealkylation sites (tertiary alicyclic amines) is 1. The predicted octanol–water partition coefficient (Wildman–Crippen LogP) is 4.48. The molecule has 3 atom stereocenters. The molecular weight excluding hydrogens is 466 g/mol. The van der Waals surface area contributed by atoms with Crippen molar-refractivity contribution in [3.8, 4) is 5.75 Å². The van der Waals surface area contributed by atoms with E-state index in [1.54, 1.807) is 7.11 Å². The smallest absolute Gasteiger partial charge is 0.263 e. The third kappa shape index (κ3) is 4.10. The van der Waals surface area contributed by atoms with Crippen molar-refractivity contribution in [2.75, 3.05) is 13.7 Å². The molecule has 3 aliphatic rings. The van der Waals surface area contributed by atoms with Crippen molar-refractivity contribution in [1.82, 2.24) is 9.91 Å². The van der Waals surface area contributed by atoms with Crippen LogP contribution in [0.25, 0.3) is 10.8 Å². The molecule has 6 rings (SSSR count). The highest BCUT2D eigenvalue weighted by molar-refractivity contribution is 6.09. The molecule has 2 aliphatic heterocycles. The van der Waals surface area contributed by atoms with Gasteiger partial charge in [-0.2, -0.15) is 5.10 Å². The highest BCUT2D eigenvalue weighted by Crippen LogP contribution is 2.37. The standard InChI is InChI=1S/C30H27N3O4/c1-37-23-14-12-20(13-15-23)27-17-26(22-11-10-19-6-2-3-7-21(19)16-22)31-33(27)28(34)18-32-29(35)24-8-4-5-9-25(24)30(32)36/h2-7,10-16,24-25,27H,8-9,17-18H2,1H3. The van der Waals surface area contributed by atoms with Crippen LogP contribution in [0.15, 0.2) is 84.0 Å². The van der Waals surface area contributed by atoms with Gasteiger partial charge in [-0.05, 0) is 52.9 Å². The van der Waals surface area contributed by atoms with E-state index in [4.69, 9.17) is 9.84 Å². The van der Waals surface area contributed by atoms with E-state index < -0.39 is 0 Å². The van der Waals surface area contributed by atoms with Crippen LogP contribution in [-0.2, 0) is 14.4 Å². The maximum absolute atomic E-state index is 13.6. The summed E-state index contributed by atoms with van der Waals surface area (Å²) in [5.74, 6) is -0.890. The number of imide groups is 1. The Labute approximate surface area is 215 Å². The van der Waals surface area contributed by atoms with E-state index in [2.05, 4.69) is 24.3 Å². The average Bonchev–Trinajstić information content (AvgIpc) is 3.49. The van der Waals surface area contributed by atoms with Crippen molar-refractivity contribution in [3.05, 3.63) is 90.0 Å². The quantitative estimate of drug-likeness (QED) is 0.388. The molecule has 0 N–H and O–H groups in total. The summed E-state index contributed by atoms with van der Waals surface area (Å²) < 4.78 is 5.30. The Morgan fingerprint density at radius 2 is 1.59 bits per heavy atom. The van der Waals surface area contributed by atoms with Gasteiger partial charge in [0.25, 0.3) is 5.91 Å². The van der Waals surface area contributed by atoms with Crippen LogP contribution in [0.2, 0.25) is 0 Å². The molecule has 1 fully saturated rings. The lowest BCUT2D eigenvalue weighted by Crippen LogP contribution is -2.41. The molecule has 3 aromatic rings. The molecule has 1 aliphatic carbocycles.